The van der Waals surface area contributed by atoms with Crippen LogP contribution in [0.15, 0.2) is 0 Å². The Morgan fingerprint density at radius 3 is 2.38 bits per heavy atom. The largest absolute Gasteiger partial charge is 0.396 e. The highest BCUT2D eigenvalue weighted by atomic mass is 16.3. The van der Waals surface area contributed by atoms with Gasteiger partial charge in [0.05, 0.1) is 0 Å². The van der Waals surface area contributed by atoms with Gasteiger partial charge < -0.3 is 10.4 Å². The topological polar surface area (TPSA) is 32.3 Å². The second kappa shape index (κ2) is 8.52. The van der Waals surface area contributed by atoms with Crippen LogP contribution in [0.5, 0.6) is 0 Å². The molecule has 0 saturated heterocycles. The van der Waals surface area contributed by atoms with Crippen LogP contribution >= 0.6 is 0 Å². The molecule has 2 N–H and O–H groups in total. The Labute approximate surface area is 82.7 Å². The first kappa shape index (κ1) is 12.9. The number of hydrogen-bond donors (Lipinski definition) is 2. The standard InChI is InChI=1S/C11H25NO/c1-4-6-11(5-2)12-9-10(3)7-8-13/h10-13H,4-9H2,1-3H3. The molecule has 2 heteroatoms. The third kappa shape index (κ3) is 7.03. The molecular weight excluding hydrogens is 162 g/mol. The predicted octanol–water partition coefficient (Wildman–Crippen LogP) is 2.17. The van der Waals surface area contributed by atoms with E-state index in [9.17, 15) is 0 Å². The highest BCUT2D eigenvalue weighted by Crippen LogP contribution is 2.04. The van der Waals surface area contributed by atoms with Gasteiger partial charge in [-0.15, -0.1) is 0 Å². The van der Waals surface area contributed by atoms with Gasteiger partial charge in [0.2, 0.25) is 0 Å². The zero-order valence-electron chi connectivity index (χ0n) is 9.34. The van der Waals surface area contributed by atoms with Gasteiger partial charge >= 0.3 is 0 Å². The first-order valence-electron chi connectivity index (χ1n) is 5.58. The van der Waals surface area contributed by atoms with Gasteiger partial charge in [-0.05, 0) is 31.7 Å². The second-order valence-corrected chi connectivity index (χ2v) is 3.92. The average Bonchev–Trinajstić information content (AvgIpc) is 2.12. The van der Waals surface area contributed by atoms with E-state index in [1.165, 1.54) is 19.3 Å². The number of aliphatic hydroxyl groups is 1. The number of hydrogen-bond acceptors (Lipinski definition) is 2. The summed E-state index contributed by atoms with van der Waals surface area (Å²) in [6.45, 7) is 7.99. The van der Waals surface area contributed by atoms with Crippen molar-refractivity contribution in [3.8, 4) is 0 Å². The maximum Gasteiger partial charge on any atom is 0.0434 e. The number of nitrogens with one attached hydrogen (secondary N) is 1. The molecule has 0 fully saturated rings. The molecule has 0 saturated carbocycles. The van der Waals surface area contributed by atoms with Crippen molar-refractivity contribution >= 4 is 0 Å². The Bertz CT molecular complexity index is 106. The van der Waals surface area contributed by atoms with Crippen LogP contribution in [0, 0.1) is 5.92 Å². The SMILES string of the molecule is CCCC(CC)NCC(C)CCO. The third-order valence-corrected chi connectivity index (χ3v) is 2.51. The van der Waals surface area contributed by atoms with Crippen molar-refractivity contribution in [2.45, 2.75) is 52.5 Å². The molecule has 2 nitrogen and oxygen atoms in total. The summed E-state index contributed by atoms with van der Waals surface area (Å²) in [5.74, 6) is 0.593. The summed E-state index contributed by atoms with van der Waals surface area (Å²) in [5, 5.41) is 12.3. The number of aliphatic hydroxyl groups excluding tert-OH is 1. The van der Waals surface area contributed by atoms with E-state index in [0.717, 1.165) is 13.0 Å². The van der Waals surface area contributed by atoms with E-state index in [-0.39, 0.29) is 0 Å². The molecule has 0 aromatic carbocycles. The van der Waals surface area contributed by atoms with E-state index in [0.29, 0.717) is 18.6 Å². The minimum atomic E-state index is 0.313. The van der Waals surface area contributed by atoms with E-state index in [1.54, 1.807) is 0 Å². The van der Waals surface area contributed by atoms with E-state index in [4.69, 9.17) is 5.11 Å². The summed E-state index contributed by atoms with van der Waals surface area (Å²) in [7, 11) is 0. The Hall–Kier alpha value is -0.0800. The molecule has 0 aromatic rings. The van der Waals surface area contributed by atoms with E-state index in [2.05, 4.69) is 26.1 Å². The molecule has 0 rings (SSSR count). The molecule has 0 aromatic heterocycles. The van der Waals surface area contributed by atoms with Crippen molar-refractivity contribution in [2.75, 3.05) is 13.2 Å². The van der Waals surface area contributed by atoms with E-state index >= 15 is 0 Å². The summed E-state index contributed by atoms with van der Waals surface area (Å²) in [6.07, 6.45) is 4.64. The van der Waals surface area contributed by atoms with Gasteiger partial charge in [0.15, 0.2) is 0 Å². The Morgan fingerprint density at radius 1 is 1.23 bits per heavy atom. The maximum absolute atomic E-state index is 8.73. The summed E-state index contributed by atoms with van der Waals surface area (Å²) >= 11 is 0. The van der Waals surface area contributed by atoms with Gasteiger partial charge in [-0.25, -0.2) is 0 Å². The monoisotopic (exact) mass is 187 g/mol. The van der Waals surface area contributed by atoms with Gasteiger partial charge in [-0.3, -0.25) is 0 Å². The molecule has 0 spiro atoms. The lowest BCUT2D eigenvalue weighted by molar-refractivity contribution is 0.256. The first-order valence-corrected chi connectivity index (χ1v) is 5.58. The Morgan fingerprint density at radius 2 is 1.92 bits per heavy atom. The molecular formula is C11H25NO. The molecule has 0 bridgehead atoms. The van der Waals surface area contributed by atoms with Crippen LogP contribution in [0.1, 0.15) is 46.5 Å². The molecule has 0 aliphatic carbocycles. The van der Waals surface area contributed by atoms with Crippen LogP contribution in [0.2, 0.25) is 0 Å². The van der Waals surface area contributed by atoms with E-state index < -0.39 is 0 Å². The molecule has 13 heavy (non-hydrogen) atoms. The maximum atomic E-state index is 8.73. The van der Waals surface area contributed by atoms with Crippen LogP contribution < -0.4 is 5.32 Å². The van der Waals surface area contributed by atoms with Gasteiger partial charge in [-0.2, -0.15) is 0 Å². The van der Waals surface area contributed by atoms with Gasteiger partial charge in [0.25, 0.3) is 0 Å². The van der Waals surface area contributed by atoms with Gasteiger partial charge in [-0.1, -0.05) is 27.2 Å². The van der Waals surface area contributed by atoms with Crippen molar-refractivity contribution in [3.05, 3.63) is 0 Å². The zero-order chi connectivity index (χ0) is 10.1. The van der Waals surface area contributed by atoms with Crippen molar-refractivity contribution in [1.82, 2.24) is 5.32 Å². The summed E-state index contributed by atoms with van der Waals surface area (Å²) in [5.41, 5.74) is 0. The van der Waals surface area contributed by atoms with Crippen LogP contribution in [-0.4, -0.2) is 24.3 Å². The minimum Gasteiger partial charge on any atom is -0.396 e. The average molecular weight is 187 g/mol. The van der Waals surface area contributed by atoms with Gasteiger partial charge in [0.1, 0.15) is 0 Å². The molecule has 80 valence electrons. The molecule has 2 unspecified atom stereocenters. The lowest BCUT2D eigenvalue weighted by atomic mass is 10.1. The highest BCUT2D eigenvalue weighted by Gasteiger charge is 2.06. The molecule has 0 aliphatic heterocycles. The molecule has 0 heterocycles. The van der Waals surface area contributed by atoms with Gasteiger partial charge in [0, 0.05) is 12.6 Å². The molecule has 0 radical (unpaired) electrons. The number of rotatable bonds is 8. The fourth-order valence-corrected chi connectivity index (χ4v) is 1.49. The summed E-state index contributed by atoms with van der Waals surface area (Å²) in [6, 6.07) is 0.672. The minimum absolute atomic E-state index is 0.313. The van der Waals surface area contributed by atoms with Crippen molar-refractivity contribution in [3.63, 3.8) is 0 Å². The second-order valence-electron chi connectivity index (χ2n) is 3.92. The first-order chi connectivity index (χ1) is 6.24. The molecule has 0 amide bonds. The fraction of sp³-hybridized carbons (Fsp3) is 1.00. The fourth-order valence-electron chi connectivity index (χ4n) is 1.49. The lowest BCUT2D eigenvalue weighted by Gasteiger charge is -2.18. The third-order valence-electron chi connectivity index (χ3n) is 2.51. The van der Waals surface area contributed by atoms with Crippen molar-refractivity contribution < 1.29 is 5.11 Å². The van der Waals surface area contributed by atoms with Crippen molar-refractivity contribution in [2.24, 2.45) is 5.92 Å². The predicted molar refractivity (Wildman–Crippen MR) is 57.9 cm³/mol. The van der Waals surface area contributed by atoms with Crippen molar-refractivity contribution in [1.29, 1.82) is 0 Å². The Balaban J connectivity index is 3.46. The summed E-state index contributed by atoms with van der Waals surface area (Å²) in [4.78, 5) is 0. The van der Waals surface area contributed by atoms with Crippen LogP contribution in [-0.2, 0) is 0 Å². The zero-order valence-corrected chi connectivity index (χ0v) is 9.34. The quantitative estimate of drug-likeness (QED) is 0.610. The molecule has 2 atom stereocenters. The van der Waals surface area contributed by atoms with Crippen LogP contribution in [0.4, 0.5) is 0 Å². The lowest BCUT2D eigenvalue weighted by Crippen LogP contribution is -2.32. The normalized spacial score (nSPS) is 15.7. The van der Waals surface area contributed by atoms with Crippen LogP contribution in [0.25, 0.3) is 0 Å². The van der Waals surface area contributed by atoms with Crippen LogP contribution in [0.3, 0.4) is 0 Å². The van der Waals surface area contributed by atoms with E-state index in [1.807, 2.05) is 0 Å². The Kier molecular flexibility index (Phi) is 8.46. The molecule has 0 aliphatic rings. The highest BCUT2D eigenvalue weighted by molar-refractivity contribution is 4.66. The summed E-state index contributed by atoms with van der Waals surface area (Å²) < 4.78 is 0. The smallest absolute Gasteiger partial charge is 0.0434 e.